The average Bonchev–Trinajstić information content (AvgIpc) is 2.87. The van der Waals surface area contributed by atoms with E-state index in [1.165, 1.54) is 0 Å². The van der Waals surface area contributed by atoms with Crippen molar-refractivity contribution in [1.82, 2.24) is 14.7 Å². The van der Waals surface area contributed by atoms with Crippen molar-refractivity contribution in [3.63, 3.8) is 0 Å². The Balaban J connectivity index is 2.06. The second-order valence-electron chi connectivity index (χ2n) is 5.23. The van der Waals surface area contributed by atoms with Gasteiger partial charge in [-0.05, 0) is 12.5 Å². The fraction of sp³-hybridized carbons (Fsp3) is 0.500. The summed E-state index contributed by atoms with van der Waals surface area (Å²) in [7, 11) is 0. The SMILES string of the molecule is CCC(C)(C)c1noc(CCn2ccccc2=O)n1. The lowest BCUT2D eigenvalue weighted by molar-refractivity contribution is 0.351. The maximum atomic E-state index is 11.5. The predicted molar refractivity (Wildman–Crippen MR) is 72.0 cm³/mol. The van der Waals surface area contributed by atoms with E-state index < -0.39 is 0 Å². The Morgan fingerprint density at radius 3 is 2.84 bits per heavy atom. The van der Waals surface area contributed by atoms with Crippen LogP contribution in [-0.2, 0) is 18.4 Å². The van der Waals surface area contributed by atoms with Crippen molar-refractivity contribution in [3.05, 3.63) is 46.5 Å². The average molecular weight is 261 g/mol. The number of nitrogens with zero attached hydrogens (tertiary/aromatic N) is 3. The summed E-state index contributed by atoms with van der Waals surface area (Å²) in [6.07, 6.45) is 3.27. The summed E-state index contributed by atoms with van der Waals surface area (Å²) in [6.45, 7) is 6.82. The van der Waals surface area contributed by atoms with Crippen LogP contribution in [0.3, 0.4) is 0 Å². The van der Waals surface area contributed by atoms with Crippen LogP contribution in [0, 0.1) is 0 Å². The molecule has 0 fully saturated rings. The maximum Gasteiger partial charge on any atom is 0.250 e. The molecule has 2 aromatic rings. The number of rotatable bonds is 5. The molecule has 19 heavy (non-hydrogen) atoms. The van der Waals surface area contributed by atoms with Gasteiger partial charge in [-0.3, -0.25) is 4.79 Å². The normalized spacial score (nSPS) is 11.7. The molecule has 0 amide bonds. The van der Waals surface area contributed by atoms with E-state index in [0.29, 0.717) is 18.9 Å². The molecular formula is C14H19N3O2. The van der Waals surface area contributed by atoms with E-state index in [1.54, 1.807) is 22.9 Å². The van der Waals surface area contributed by atoms with Crippen LogP contribution < -0.4 is 5.56 Å². The van der Waals surface area contributed by atoms with Gasteiger partial charge in [-0.2, -0.15) is 4.98 Å². The first kappa shape index (κ1) is 13.5. The van der Waals surface area contributed by atoms with Crippen molar-refractivity contribution in [2.45, 2.75) is 45.6 Å². The van der Waals surface area contributed by atoms with Gasteiger partial charge >= 0.3 is 0 Å². The molecule has 2 heterocycles. The number of aromatic nitrogens is 3. The highest BCUT2D eigenvalue weighted by Crippen LogP contribution is 2.23. The highest BCUT2D eigenvalue weighted by atomic mass is 16.5. The summed E-state index contributed by atoms with van der Waals surface area (Å²) in [5.74, 6) is 1.30. The number of hydrogen-bond acceptors (Lipinski definition) is 4. The van der Waals surface area contributed by atoms with Crippen molar-refractivity contribution in [2.24, 2.45) is 0 Å². The van der Waals surface area contributed by atoms with Gasteiger partial charge < -0.3 is 9.09 Å². The van der Waals surface area contributed by atoms with Crippen LogP contribution in [0.5, 0.6) is 0 Å². The Labute approximate surface area is 112 Å². The second kappa shape index (κ2) is 5.38. The zero-order chi connectivity index (χ0) is 13.9. The van der Waals surface area contributed by atoms with Crippen molar-refractivity contribution in [3.8, 4) is 0 Å². The van der Waals surface area contributed by atoms with Crippen LogP contribution in [0.15, 0.2) is 33.7 Å². The zero-order valence-electron chi connectivity index (χ0n) is 11.6. The number of aryl methyl sites for hydroxylation is 2. The third kappa shape index (κ3) is 3.10. The Kier molecular flexibility index (Phi) is 3.83. The summed E-state index contributed by atoms with van der Waals surface area (Å²) >= 11 is 0. The van der Waals surface area contributed by atoms with Crippen LogP contribution in [0.1, 0.15) is 38.9 Å². The fourth-order valence-electron chi connectivity index (χ4n) is 1.65. The van der Waals surface area contributed by atoms with Gasteiger partial charge in [-0.1, -0.05) is 32.0 Å². The minimum Gasteiger partial charge on any atom is -0.339 e. The van der Waals surface area contributed by atoms with E-state index in [1.807, 2.05) is 6.07 Å². The first-order valence-electron chi connectivity index (χ1n) is 6.51. The van der Waals surface area contributed by atoms with Crippen molar-refractivity contribution in [1.29, 1.82) is 0 Å². The topological polar surface area (TPSA) is 60.9 Å². The van der Waals surface area contributed by atoms with E-state index in [0.717, 1.165) is 12.2 Å². The lowest BCUT2D eigenvalue weighted by Crippen LogP contribution is -2.19. The summed E-state index contributed by atoms with van der Waals surface area (Å²) < 4.78 is 6.87. The molecule has 2 aromatic heterocycles. The quantitative estimate of drug-likeness (QED) is 0.827. The predicted octanol–water partition coefficient (Wildman–Crippen LogP) is 2.16. The lowest BCUT2D eigenvalue weighted by Gasteiger charge is -2.16. The van der Waals surface area contributed by atoms with Crippen LogP contribution >= 0.6 is 0 Å². The lowest BCUT2D eigenvalue weighted by atomic mass is 9.90. The third-order valence-electron chi connectivity index (χ3n) is 3.42. The molecule has 2 rings (SSSR count). The molecule has 0 aliphatic carbocycles. The molecule has 0 atom stereocenters. The Morgan fingerprint density at radius 1 is 1.37 bits per heavy atom. The molecule has 0 saturated carbocycles. The van der Waals surface area contributed by atoms with Crippen LogP contribution in [0.25, 0.3) is 0 Å². The molecule has 0 bridgehead atoms. The molecule has 0 aliphatic rings. The van der Waals surface area contributed by atoms with Crippen molar-refractivity contribution < 1.29 is 4.52 Å². The first-order valence-corrected chi connectivity index (χ1v) is 6.51. The van der Waals surface area contributed by atoms with Gasteiger partial charge in [0.2, 0.25) is 5.89 Å². The van der Waals surface area contributed by atoms with E-state index in [4.69, 9.17) is 4.52 Å². The summed E-state index contributed by atoms with van der Waals surface area (Å²) in [5, 5.41) is 4.02. The van der Waals surface area contributed by atoms with Crippen LogP contribution in [0.2, 0.25) is 0 Å². The molecule has 0 saturated heterocycles. The monoisotopic (exact) mass is 261 g/mol. The molecule has 0 spiro atoms. The van der Waals surface area contributed by atoms with Crippen molar-refractivity contribution >= 4 is 0 Å². The Hall–Kier alpha value is -1.91. The maximum absolute atomic E-state index is 11.5. The number of hydrogen-bond donors (Lipinski definition) is 0. The standard InChI is InChI=1S/C14H19N3O2/c1-4-14(2,3)13-15-11(19-16-13)8-10-17-9-6-5-7-12(17)18/h5-7,9H,4,8,10H2,1-3H3. The van der Waals surface area contributed by atoms with Crippen molar-refractivity contribution in [2.75, 3.05) is 0 Å². The van der Waals surface area contributed by atoms with E-state index in [2.05, 4.69) is 30.9 Å². The van der Waals surface area contributed by atoms with Gasteiger partial charge in [0.05, 0.1) is 0 Å². The molecular weight excluding hydrogens is 242 g/mol. The smallest absolute Gasteiger partial charge is 0.250 e. The summed E-state index contributed by atoms with van der Waals surface area (Å²) in [4.78, 5) is 16.0. The third-order valence-corrected chi connectivity index (χ3v) is 3.42. The van der Waals surface area contributed by atoms with E-state index >= 15 is 0 Å². The molecule has 0 radical (unpaired) electrons. The Bertz CT molecular complexity index is 598. The minimum absolute atomic E-state index is 0.0175. The highest BCUT2D eigenvalue weighted by molar-refractivity contribution is 5.02. The second-order valence-corrected chi connectivity index (χ2v) is 5.23. The fourth-order valence-corrected chi connectivity index (χ4v) is 1.65. The van der Waals surface area contributed by atoms with Gasteiger partial charge in [0.15, 0.2) is 5.82 Å². The summed E-state index contributed by atoms with van der Waals surface area (Å²) in [6, 6.07) is 5.10. The van der Waals surface area contributed by atoms with Gasteiger partial charge in [-0.15, -0.1) is 0 Å². The van der Waals surface area contributed by atoms with Gasteiger partial charge in [0.1, 0.15) is 0 Å². The number of pyridine rings is 1. The molecule has 102 valence electrons. The molecule has 5 nitrogen and oxygen atoms in total. The van der Waals surface area contributed by atoms with Gasteiger partial charge in [-0.25, -0.2) is 0 Å². The van der Waals surface area contributed by atoms with Gasteiger partial charge in [0.25, 0.3) is 5.56 Å². The zero-order valence-corrected chi connectivity index (χ0v) is 11.6. The molecule has 0 unspecified atom stereocenters. The minimum atomic E-state index is -0.0780. The largest absolute Gasteiger partial charge is 0.339 e. The highest BCUT2D eigenvalue weighted by Gasteiger charge is 2.24. The van der Waals surface area contributed by atoms with Crippen LogP contribution in [0.4, 0.5) is 0 Å². The first-order chi connectivity index (χ1) is 9.03. The van der Waals surface area contributed by atoms with E-state index in [-0.39, 0.29) is 11.0 Å². The van der Waals surface area contributed by atoms with Gasteiger partial charge in [0, 0.05) is 30.6 Å². The molecule has 0 aromatic carbocycles. The van der Waals surface area contributed by atoms with E-state index in [9.17, 15) is 4.79 Å². The Morgan fingerprint density at radius 2 is 2.16 bits per heavy atom. The molecule has 0 N–H and O–H groups in total. The van der Waals surface area contributed by atoms with Crippen LogP contribution in [-0.4, -0.2) is 14.7 Å². The molecule has 5 heteroatoms. The molecule has 0 aliphatic heterocycles. The summed E-state index contributed by atoms with van der Waals surface area (Å²) in [5.41, 5.74) is -0.0955.